The fourth-order valence-electron chi connectivity index (χ4n) is 3.54. The zero-order valence-electron chi connectivity index (χ0n) is 14.9. The summed E-state index contributed by atoms with van der Waals surface area (Å²) in [5, 5.41) is 0. The molecule has 2 aliphatic rings. The van der Waals surface area contributed by atoms with Crippen LogP contribution < -0.4 is 0 Å². The fourth-order valence-corrected chi connectivity index (χ4v) is 5.21. The van der Waals surface area contributed by atoms with Crippen molar-refractivity contribution in [2.45, 2.75) is 32.6 Å². The van der Waals surface area contributed by atoms with E-state index < -0.39 is 10.2 Å². The number of benzene rings is 1. The molecule has 2 heterocycles. The standard InChI is InChI=1S/C18H27N3O3S/c1-16-8-4-5-9-17(16)18(22)19-12-14-21(15-13-19)25(23,24)20-10-6-2-3-7-11-20/h4-5,8-9H,2-3,6-7,10-15H2,1H3. The number of carbonyl (C=O) groups is 1. The zero-order valence-corrected chi connectivity index (χ0v) is 15.7. The van der Waals surface area contributed by atoms with E-state index in [9.17, 15) is 13.2 Å². The molecule has 0 bridgehead atoms. The van der Waals surface area contributed by atoms with E-state index in [1.807, 2.05) is 31.2 Å². The molecule has 2 fully saturated rings. The second kappa shape index (κ2) is 7.85. The summed E-state index contributed by atoms with van der Waals surface area (Å²) in [5.74, 6) is -0.00933. The summed E-state index contributed by atoms with van der Waals surface area (Å²) in [6.07, 6.45) is 4.07. The lowest BCUT2D eigenvalue weighted by atomic mass is 10.1. The molecule has 0 N–H and O–H groups in total. The Morgan fingerprint density at radius 3 is 2.00 bits per heavy atom. The first-order chi connectivity index (χ1) is 12.0. The van der Waals surface area contributed by atoms with E-state index in [4.69, 9.17) is 0 Å². The molecule has 6 nitrogen and oxygen atoms in total. The van der Waals surface area contributed by atoms with E-state index in [-0.39, 0.29) is 5.91 Å². The third kappa shape index (κ3) is 4.04. The smallest absolute Gasteiger partial charge is 0.282 e. The van der Waals surface area contributed by atoms with Crippen LogP contribution in [0.15, 0.2) is 24.3 Å². The minimum atomic E-state index is -3.40. The van der Waals surface area contributed by atoms with Gasteiger partial charge in [0.15, 0.2) is 0 Å². The van der Waals surface area contributed by atoms with E-state index in [2.05, 4.69) is 0 Å². The molecule has 0 saturated carbocycles. The lowest BCUT2D eigenvalue weighted by Gasteiger charge is -2.36. The molecule has 7 heteroatoms. The van der Waals surface area contributed by atoms with Gasteiger partial charge in [-0.1, -0.05) is 31.0 Å². The highest BCUT2D eigenvalue weighted by Gasteiger charge is 2.33. The van der Waals surface area contributed by atoms with Crippen LogP contribution in [0.3, 0.4) is 0 Å². The molecule has 0 unspecified atom stereocenters. The van der Waals surface area contributed by atoms with Crippen molar-refractivity contribution < 1.29 is 13.2 Å². The summed E-state index contributed by atoms with van der Waals surface area (Å²) < 4.78 is 28.9. The average molecular weight is 365 g/mol. The minimum absolute atomic E-state index is 0.00933. The first kappa shape index (κ1) is 18.4. The maximum atomic E-state index is 12.8. The van der Waals surface area contributed by atoms with Crippen LogP contribution in [0.4, 0.5) is 0 Å². The minimum Gasteiger partial charge on any atom is -0.336 e. The molecular formula is C18H27N3O3S. The molecule has 0 aromatic heterocycles. The Morgan fingerprint density at radius 2 is 1.40 bits per heavy atom. The van der Waals surface area contributed by atoms with Crippen LogP contribution in [0.25, 0.3) is 0 Å². The number of carbonyl (C=O) groups excluding carboxylic acids is 1. The van der Waals surface area contributed by atoms with Crippen LogP contribution >= 0.6 is 0 Å². The van der Waals surface area contributed by atoms with E-state index >= 15 is 0 Å². The number of piperazine rings is 1. The second-order valence-electron chi connectivity index (χ2n) is 6.83. The van der Waals surface area contributed by atoms with Gasteiger partial charge in [0, 0.05) is 44.8 Å². The van der Waals surface area contributed by atoms with Gasteiger partial charge in [0.05, 0.1) is 0 Å². The second-order valence-corrected chi connectivity index (χ2v) is 8.76. The molecule has 0 radical (unpaired) electrons. The van der Waals surface area contributed by atoms with Crippen LogP contribution in [0.5, 0.6) is 0 Å². The van der Waals surface area contributed by atoms with Gasteiger partial charge in [-0.2, -0.15) is 17.0 Å². The molecule has 1 amide bonds. The summed E-state index contributed by atoms with van der Waals surface area (Å²) in [7, 11) is -3.40. The quantitative estimate of drug-likeness (QED) is 0.822. The molecule has 138 valence electrons. The van der Waals surface area contributed by atoms with Gasteiger partial charge in [0.25, 0.3) is 16.1 Å². The average Bonchev–Trinajstić information content (AvgIpc) is 2.92. The van der Waals surface area contributed by atoms with Crippen molar-refractivity contribution in [3.05, 3.63) is 35.4 Å². The molecule has 0 atom stereocenters. The molecule has 0 aliphatic carbocycles. The summed E-state index contributed by atoms with van der Waals surface area (Å²) in [4.78, 5) is 14.4. The van der Waals surface area contributed by atoms with E-state index in [1.54, 1.807) is 13.5 Å². The number of hydrogen-bond donors (Lipinski definition) is 0. The monoisotopic (exact) mass is 365 g/mol. The summed E-state index contributed by atoms with van der Waals surface area (Å²) in [6, 6.07) is 7.53. The van der Waals surface area contributed by atoms with Crippen molar-refractivity contribution in [3.8, 4) is 0 Å². The van der Waals surface area contributed by atoms with E-state index in [1.165, 1.54) is 0 Å². The predicted molar refractivity (Wildman–Crippen MR) is 97.6 cm³/mol. The molecule has 2 aliphatic heterocycles. The van der Waals surface area contributed by atoms with Crippen LogP contribution in [-0.4, -0.2) is 67.1 Å². The summed E-state index contributed by atoms with van der Waals surface area (Å²) in [5.41, 5.74) is 1.65. The largest absolute Gasteiger partial charge is 0.336 e. The topological polar surface area (TPSA) is 60.9 Å². The summed E-state index contributed by atoms with van der Waals surface area (Å²) >= 11 is 0. The van der Waals surface area contributed by atoms with Gasteiger partial charge in [0.2, 0.25) is 0 Å². The highest BCUT2D eigenvalue weighted by atomic mass is 32.2. The Kier molecular flexibility index (Phi) is 5.76. The number of rotatable bonds is 3. The predicted octanol–water partition coefficient (Wildman–Crippen LogP) is 1.87. The van der Waals surface area contributed by atoms with Crippen LogP contribution in [0, 0.1) is 6.92 Å². The first-order valence-electron chi connectivity index (χ1n) is 9.10. The van der Waals surface area contributed by atoms with E-state index in [0.29, 0.717) is 44.8 Å². The lowest BCUT2D eigenvalue weighted by Crippen LogP contribution is -2.54. The zero-order chi connectivity index (χ0) is 17.9. The number of amides is 1. The molecule has 1 aromatic carbocycles. The SMILES string of the molecule is Cc1ccccc1C(=O)N1CCN(S(=O)(=O)N2CCCCCC2)CC1. The lowest BCUT2D eigenvalue weighted by molar-refractivity contribution is 0.0693. The van der Waals surface area contributed by atoms with Gasteiger partial charge in [-0.3, -0.25) is 4.79 Å². The molecule has 25 heavy (non-hydrogen) atoms. The van der Waals surface area contributed by atoms with E-state index in [0.717, 1.165) is 31.2 Å². The normalized spacial score (nSPS) is 21.1. The Bertz CT molecular complexity index is 704. The highest BCUT2D eigenvalue weighted by Crippen LogP contribution is 2.19. The number of aryl methyl sites for hydroxylation is 1. The van der Waals surface area contributed by atoms with Crippen LogP contribution in [0.2, 0.25) is 0 Å². The third-order valence-electron chi connectivity index (χ3n) is 5.12. The maximum Gasteiger partial charge on any atom is 0.282 e. The number of nitrogens with zero attached hydrogens (tertiary/aromatic N) is 3. The van der Waals surface area contributed by atoms with Crippen molar-refractivity contribution in [1.82, 2.24) is 13.5 Å². The molecule has 2 saturated heterocycles. The van der Waals surface area contributed by atoms with Gasteiger partial charge in [-0.05, 0) is 31.4 Å². The molecule has 0 spiro atoms. The van der Waals surface area contributed by atoms with Crippen molar-refractivity contribution in [1.29, 1.82) is 0 Å². The first-order valence-corrected chi connectivity index (χ1v) is 10.5. The van der Waals surface area contributed by atoms with Gasteiger partial charge in [0.1, 0.15) is 0 Å². The van der Waals surface area contributed by atoms with Crippen LogP contribution in [-0.2, 0) is 10.2 Å². The molecule has 1 aromatic rings. The Morgan fingerprint density at radius 1 is 0.840 bits per heavy atom. The van der Waals surface area contributed by atoms with Gasteiger partial charge >= 0.3 is 0 Å². The maximum absolute atomic E-state index is 12.8. The molecule has 3 rings (SSSR count). The van der Waals surface area contributed by atoms with Crippen molar-refractivity contribution in [3.63, 3.8) is 0 Å². The molecular weight excluding hydrogens is 338 g/mol. The fraction of sp³-hybridized carbons (Fsp3) is 0.611. The Balaban J connectivity index is 1.63. The highest BCUT2D eigenvalue weighted by molar-refractivity contribution is 7.86. The Hall–Kier alpha value is -1.44. The van der Waals surface area contributed by atoms with Crippen molar-refractivity contribution >= 4 is 16.1 Å². The summed E-state index contributed by atoms with van der Waals surface area (Å²) in [6.45, 7) is 4.79. The third-order valence-corrected chi connectivity index (χ3v) is 7.15. The van der Waals surface area contributed by atoms with Crippen LogP contribution in [0.1, 0.15) is 41.6 Å². The number of hydrogen-bond acceptors (Lipinski definition) is 3. The van der Waals surface area contributed by atoms with Crippen molar-refractivity contribution in [2.75, 3.05) is 39.3 Å². The van der Waals surface area contributed by atoms with Crippen molar-refractivity contribution in [2.24, 2.45) is 0 Å². The van der Waals surface area contributed by atoms with Gasteiger partial charge < -0.3 is 4.90 Å². The van der Waals surface area contributed by atoms with Gasteiger partial charge in [-0.15, -0.1) is 0 Å². The Labute approximate surface area is 150 Å². The van der Waals surface area contributed by atoms with Gasteiger partial charge in [-0.25, -0.2) is 0 Å².